The van der Waals surface area contributed by atoms with Gasteiger partial charge in [0, 0.05) is 20.1 Å². The third-order valence-corrected chi connectivity index (χ3v) is 3.15. The Labute approximate surface area is 90.8 Å². The maximum Gasteiger partial charge on any atom is 0.109 e. The van der Waals surface area contributed by atoms with Gasteiger partial charge in [-0.25, -0.2) is 0 Å². The summed E-state index contributed by atoms with van der Waals surface area (Å²) in [6.45, 7) is 4.68. The number of ether oxygens (including phenoxy) is 2. The predicted octanol–water partition coefficient (Wildman–Crippen LogP) is 1.09. The van der Waals surface area contributed by atoms with Crippen LogP contribution in [0.2, 0.25) is 0 Å². The van der Waals surface area contributed by atoms with Gasteiger partial charge in [0.25, 0.3) is 0 Å². The molecule has 0 bridgehead atoms. The molecule has 1 fully saturated rings. The molecule has 15 heavy (non-hydrogen) atoms. The Morgan fingerprint density at radius 2 is 2.33 bits per heavy atom. The smallest absolute Gasteiger partial charge is 0.109 e. The molecule has 1 saturated heterocycles. The number of nitriles is 1. The van der Waals surface area contributed by atoms with Crippen LogP contribution in [0.5, 0.6) is 0 Å². The molecule has 0 radical (unpaired) electrons. The van der Waals surface area contributed by atoms with Gasteiger partial charge in [-0.05, 0) is 20.3 Å². The molecule has 2 atom stereocenters. The summed E-state index contributed by atoms with van der Waals surface area (Å²) < 4.78 is 10.4. The van der Waals surface area contributed by atoms with Crippen LogP contribution in [0.4, 0.5) is 0 Å². The van der Waals surface area contributed by atoms with E-state index in [-0.39, 0.29) is 0 Å². The topological polar surface area (TPSA) is 62.5 Å². The second kappa shape index (κ2) is 4.48. The van der Waals surface area contributed by atoms with Crippen LogP contribution in [0, 0.1) is 16.7 Å². The average molecular weight is 213 g/mol. The Morgan fingerprint density at radius 1 is 1.67 bits per heavy atom. The van der Waals surface area contributed by atoms with Crippen molar-refractivity contribution in [1.29, 1.82) is 5.26 Å². The van der Waals surface area contributed by atoms with Crippen LogP contribution in [0.3, 0.4) is 0 Å². The van der Waals surface area contributed by atoms with Crippen molar-refractivity contribution < 1.29 is 14.6 Å². The second-order valence-corrected chi connectivity index (χ2v) is 4.75. The van der Waals surface area contributed by atoms with E-state index in [0.29, 0.717) is 26.1 Å². The highest BCUT2D eigenvalue weighted by atomic mass is 16.5. The van der Waals surface area contributed by atoms with Gasteiger partial charge in [-0.15, -0.1) is 0 Å². The van der Waals surface area contributed by atoms with E-state index in [9.17, 15) is 5.11 Å². The molecule has 0 aromatic rings. The summed E-state index contributed by atoms with van der Waals surface area (Å²) in [6.07, 6.45) is 0.352. The first kappa shape index (κ1) is 12.4. The Kier molecular flexibility index (Phi) is 3.72. The summed E-state index contributed by atoms with van der Waals surface area (Å²) in [5.74, 6) is 0. The SMILES string of the molecule is COC(C)(C)CC(O)C1(C#N)CCOC1. The fraction of sp³-hybridized carbons (Fsp3) is 0.909. The molecule has 1 rings (SSSR count). The minimum Gasteiger partial charge on any atom is -0.391 e. The summed E-state index contributed by atoms with van der Waals surface area (Å²) in [7, 11) is 1.61. The van der Waals surface area contributed by atoms with Gasteiger partial charge in [-0.3, -0.25) is 0 Å². The van der Waals surface area contributed by atoms with Crippen molar-refractivity contribution in [1.82, 2.24) is 0 Å². The molecule has 2 unspecified atom stereocenters. The van der Waals surface area contributed by atoms with Gasteiger partial charge in [0.15, 0.2) is 0 Å². The van der Waals surface area contributed by atoms with Crippen molar-refractivity contribution in [3.63, 3.8) is 0 Å². The first-order valence-electron chi connectivity index (χ1n) is 5.18. The van der Waals surface area contributed by atoms with Crippen molar-refractivity contribution in [3.05, 3.63) is 0 Å². The summed E-state index contributed by atoms with van der Waals surface area (Å²) in [4.78, 5) is 0. The zero-order valence-electron chi connectivity index (χ0n) is 9.62. The summed E-state index contributed by atoms with van der Waals surface area (Å²) in [5, 5.41) is 19.2. The average Bonchev–Trinajstić information content (AvgIpc) is 2.66. The van der Waals surface area contributed by atoms with Gasteiger partial charge in [0.2, 0.25) is 0 Å². The monoisotopic (exact) mass is 213 g/mol. The molecule has 0 saturated carbocycles. The lowest BCUT2D eigenvalue weighted by Crippen LogP contribution is -2.40. The highest BCUT2D eigenvalue weighted by molar-refractivity contribution is 5.07. The lowest BCUT2D eigenvalue weighted by atomic mass is 9.78. The van der Waals surface area contributed by atoms with Gasteiger partial charge in [0.1, 0.15) is 5.41 Å². The van der Waals surface area contributed by atoms with E-state index in [1.165, 1.54) is 0 Å². The van der Waals surface area contributed by atoms with Gasteiger partial charge in [-0.1, -0.05) is 0 Å². The molecular formula is C11H19NO3. The lowest BCUT2D eigenvalue weighted by Gasteiger charge is -2.32. The van der Waals surface area contributed by atoms with Gasteiger partial charge in [-0.2, -0.15) is 5.26 Å². The quantitative estimate of drug-likeness (QED) is 0.759. The molecular weight excluding hydrogens is 194 g/mol. The lowest BCUT2D eigenvalue weighted by molar-refractivity contribution is -0.0488. The van der Waals surface area contributed by atoms with E-state index in [1.807, 2.05) is 13.8 Å². The van der Waals surface area contributed by atoms with E-state index in [2.05, 4.69) is 6.07 Å². The Balaban J connectivity index is 2.67. The standard InChI is InChI=1S/C11H19NO3/c1-10(2,14-3)6-9(13)11(7-12)4-5-15-8-11/h9,13H,4-6,8H2,1-3H3. The van der Waals surface area contributed by atoms with Crippen LogP contribution in [-0.2, 0) is 9.47 Å². The number of aliphatic hydroxyl groups is 1. The van der Waals surface area contributed by atoms with E-state index in [1.54, 1.807) is 7.11 Å². The predicted molar refractivity (Wildman–Crippen MR) is 55.2 cm³/mol. The highest BCUT2D eigenvalue weighted by Gasteiger charge is 2.44. The Bertz CT molecular complexity index is 251. The number of hydrogen-bond donors (Lipinski definition) is 1. The van der Waals surface area contributed by atoms with Gasteiger partial charge < -0.3 is 14.6 Å². The summed E-state index contributed by atoms with van der Waals surface area (Å²) in [6, 6.07) is 2.19. The molecule has 0 aromatic heterocycles. The van der Waals surface area contributed by atoms with Crippen LogP contribution in [-0.4, -0.2) is 37.1 Å². The molecule has 0 spiro atoms. The molecule has 1 aliphatic heterocycles. The van der Waals surface area contributed by atoms with Crippen molar-refractivity contribution in [2.45, 2.75) is 38.4 Å². The van der Waals surface area contributed by atoms with Gasteiger partial charge in [0.05, 0.1) is 24.4 Å². The van der Waals surface area contributed by atoms with E-state index in [0.717, 1.165) is 0 Å². The van der Waals surface area contributed by atoms with Gasteiger partial charge >= 0.3 is 0 Å². The molecule has 4 heteroatoms. The minimum atomic E-state index is -0.740. The molecule has 1 aliphatic rings. The third kappa shape index (κ3) is 2.69. The molecule has 4 nitrogen and oxygen atoms in total. The fourth-order valence-electron chi connectivity index (χ4n) is 1.75. The maximum atomic E-state index is 10.1. The van der Waals surface area contributed by atoms with Crippen LogP contribution in [0.25, 0.3) is 0 Å². The van der Waals surface area contributed by atoms with E-state index >= 15 is 0 Å². The number of methoxy groups -OCH3 is 1. The van der Waals surface area contributed by atoms with Crippen LogP contribution in [0.15, 0.2) is 0 Å². The number of nitrogens with zero attached hydrogens (tertiary/aromatic N) is 1. The fourth-order valence-corrected chi connectivity index (χ4v) is 1.75. The van der Waals surface area contributed by atoms with Crippen molar-refractivity contribution in [2.75, 3.05) is 20.3 Å². The summed E-state index contributed by atoms with van der Waals surface area (Å²) >= 11 is 0. The number of aliphatic hydroxyl groups excluding tert-OH is 1. The minimum absolute atomic E-state index is 0.324. The normalized spacial score (nSPS) is 28.7. The highest BCUT2D eigenvalue weighted by Crippen LogP contribution is 2.35. The zero-order chi connectivity index (χ0) is 11.5. The third-order valence-electron chi connectivity index (χ3n) is 3.15. The van der Waals surface area contributed by atoms with E-state index in [4.69, 9.17) is 14.7 Å². The molecule has 0 aromatic carbocycles. The number of rotatable bonds is 4. The first-order chi connectivity index (χ1) is 6.96. The Morgan fingerprint density at radius 3 is 2.73 bits per heavy atom. The Hall–Kier alpha value is -0.630. The maximum absolute atomic E-state index is 10.1. The molecule has 86 valence electrons. The summed E-state index contributed by atoms with van der Waals surface area (Å²) in [5.41, 5.74) is -1.15. The van der Waals surface area contributed by atoms with Crippen LogP contribution in [0.1, 0.15) is 26.7 Å². The van der Waals surface area contributed by atoms with Crippen LogP contribution < -0.4 is 0 Å². The first-order valence-corrected chi connectivity index (χ1v) is 5.18. The zero-order valence-corrected chi connectivity index (χ0v) is 9.62. The van der Waals surface area contributed by atoms with E-state index < -0.39 is 17.1 Å². The largest absolute Gasteiger partial charge is 0.391 e. The number of hydrogen-bond acceptors (Lipinski definition) is 4. The van der Waals surface area contributed by atoms with Crippen molar-refractivity contribution in [2.24, 2.45) is 5.41 Å². The molecule has 0 amide bonds. The van der Waals surface area contributed by atoms with Crippen molar-refractivity contribution >= 4 is 0 Å². The molecule has 1 heterocycles. The molecule has 1 N–H and O–H groups in total. The van der Waals surface area contributed by atoms with Crippen LogP contribution >= 0.6 is 0 Å². The second-order valence-electron chi connectivity index (χ2n) is 4.75. The molecule has 0 aliphatic carbocycles. The van der Waals surface area contributed by atoms with Crippen molar-refractivity contribution in [3.8, 4) is 6.07 Å².